The molecule has 3 aliphatic rings. The maximum atomic E-state index is 14.0. The fourth-order valence-corrected chi connectivity index (χ4v) is 4.72. The number of carbonyl (C=O) groups excluding carboxylic acids is 2. The molecule has 3 atom stereocenters. The van der Waals surface area contributed by atoms with Gasteiger partial charge in [-0.15, -0.1) is 0 Å². The van der Waals surface area contributed by atoms with Crippen molar-refractivity contribution in [1.82, 2.24) is 20.7 Å². The molecule has 3 aliphatic heterocycles. The first-order valence-corrected chi connectivity index (χ1v) is 9.92. The Kier molecular flexibility index (Phi) is 5.09. The van der Waals surface area contributed by atoms with Gasteiger partial charge in [-0.2, -0.15) is 0 Å². The summed E-state index contributed by atoms with van der Waals surface area (Å²) in [4.78, 5) is 29.4. The lowest BCUT2D eigenvalue weighted by Gasteiger charge is -2.39. The maximum Gasteiger partial charge on any atom is 0.241 e. The van der Waals surface area contributed by atoms with Crippen LogP contribution in [0.2, 0.25) is 0 Å². The van der Waals surface area contributed by atoms with Crippen LogP contribution in [0, 0.1) is 17.0 Å². The average Bonchev–Trinajstić information content (AvgIpc) is 3.30. The first-order valence-electron chi connectivity index (χ1n) is 9.92. The number of nitrogens with zero attached hydrogens (tertiary/aromatic N) is 2. The highest BCUT2D eigenvalue weighted by Gasteiger charge is 2.50. The summed E-state index contributed by atoms with van der Waals surface area (Å²) in [5.41, 5.74) is 5.67. The number of hydrazine groups is 1. The molecule has 6 nitrogen and oxygen atoms in total. The smallest absolute Gasteiger partial charge is 0.241 e. The van der Waals surface area contributed by atoms with Gasteiger partial charge in [0.25, 0.3) is 0 Å². The minimum atomic E-state index is -0.902. The van der Waals surface area contributed by atoms with Gasteiger partial charge in [0, 0.05) is 37.8 Å². The molecular weight excluding hydrogens is 366 g/mol. The summed E-state index contributed by atoms with van der Waals surface area (Å²) < 4.78 is 27.6. The molecule has 0 aliphatic carbocycles. The number of hydrogen-bond acceptors (Lipinski definition) is 4. The SMILES string of the molecule is CC1CC(C(=O)N2CCC3(CCCN(Cc4cccc(F)c4F)C3=O)C2)NN1. The Morgan fingerprint density at radius 3 is 2.82 bits per heavy atom. The van der Waals surface area contributed by atoms with Crippen molar-refractivity contribution in [3.63, 3.8) is 0 Å². The number of halogens is 2. The Morgan fingerprint density at radius 2 is 2.07 bits per heavy atom. The third-order valence-corrected chi connectivity index (χ3v) is 6.27. The van der Waals surface area contributed by atoms with Crippen LogP contribution in [0.15, 0.2) is 18.2 Å². The monoisotopic (exact) mass is 392 g/mol. The van der Waals surface area contributed by atoms with Gasteiger partial charge in [0.1, 0.15) is 6.04 Å². The highest BCUT2D eigenvalue weighted by molar-refractivity contribution is 5.87. The minimum Gasteiger partial charge on any atom is -0.340 e. The van der Waals surface area contributed by atoms with E-state index in [2.05, 4.69) is 10.9 Å². The van der Waals surface area contributed by atoms with Gasteiger partial charge < -0.3 is 9.80 Å². The Morgan fingerprint density at radius 1 is 1.25 bits per heavy atom. The number of piperidine rings is 1. The quantitative estimate of drug-likeness (QED) is 0.820. The van der Waals surface area contributed by atoms with Crippen LogP contribution in [-0.4, -0.2) is 53.3 Å². The van der Waals surface area contributed by atoms with E-state index in [0.29, 0.717) is 26.1 Å². The molecule has 28 heavy (non-hydrogen) atoms. The second kappa shape index (κ2) is 7.40. The summed E-state index contributed by atoms with van der Waals surface area (Å²) in [6.45, 7) is 3.55. The van der Waals surface area contributed by atoms with Gasteiger partial charge in [0.15, 0.2) is 11.6 Å². The van der Waals surface area contributed by atoms with E-state index in [9.17, 15) is 18.4 Å². The van der Waals surface area contributed by atoms with Crippen molar-refractivity contribution in [3.05, 3.63) is 35.4 Å². The summed E-state index contributed by atoms with van der Waals surface area (Å²) in [6, 6.07) is 4.01. The lowest BCUT2D eigenvalue weighted by Crippen LogP contribution is -2.51. The van der Waals surface area contributed by atoms with Crippen LogP contribution in [0.5, 0.6) is 0 Å². The molecule has 3 saturated heterocycles. The molecule has 3 heterocycles. The standard InChI is InChI=1S/C20H26F2N4O2/c1-13-10-16(24-23-13)18(27)26-9-7-20(12-26)6-3-8-25(19(20)28)11-14-4-2-5-15(21)17(14)22/h2,4-5,13,16,23-24H,3,6-12H2,1H3. The van der Waals surface area contributed by atoms with Crippen molar-refractivity contribution in [3.8, 4) is 0 Å². The van der Waals surface area contributed by atoms with E-state index >= 15 is 0 Å². The van der Waals surface area contributed by atoms with Crippen molar-refractivity contribution in [2.24, 2.45) is 5.41 Å². The zero-order valence-corrected chi connectivity index (χ0v) is 16.0. The molecule has 0 radical (unpaired) electrons. The Balaban J connectivity index is 1.45. The van der Waals surface area contributed by atoms with Crippen molar-refractivity contribution >= 4 is 11.8 Å². The second-order valence-electron chi connectivity index (χ2n) is 8.31. The Bertz CT molecular complexity index is 789. The zero-order valence-electron chi connectivity index (χ0n) is 16.0. The van der Waals surface area contributed by atoms with Gasteiger partial charge >= 0.3 is 0 Å². The predicted molar refractivity (Wildman–Crippen MR) is 98.8 cm³/mol. The summed E-state index contributed by atoms with van der Waals surface area (Å²) in [5, 5.41) is 0. The molecule has 0 bridgehead atoms. The van der Waals surface area contributed by atoms with E-state index in [4.69, 9.17) is 0 Å². The lowest BCUT2D eigenvalue weighted by atomic mass is 9.78. The third-order valence-electron chi connectivity index (χ3n) is 6.27. The lowest BCUT2D eigenvalue weighted by molar-refractivity contribution is -0.147. The van der Waals surface area contributed by atoms with Gasteiger partial charge in [-0.1, -0.05) is 12.1 Å². The fraction of sp³-hybridized carbons (Fsp3) is 0.600. The van der Waals surface area contributed by atoms with E-state index < -0.39 is 17.0 Å². The molecular formula is C20H26F2N4O2. The first kappa shape index (κ1) is 19.3. The molecule has 1 aromatic carbocycles. The molecule has 3 fully saturated rings. The zero-order chi connectivity index (χ0) is 19.9. The molecule has 2 N–H and O–H groups in total. The highest BCUT2D eigenvalue weighted by Crippen LogP contribution is 2.41. The van der Waals surface area contributed by atoms with E-state index in [1.54, 1.807) is 9.80 Å². The molecule has 1 spiro atoms. The van der Waals surface area contributed by atoms with E-state index in [0.717, 1.165) is 25.3 Å². The largest absolute Gasteiger partial charge is 0.340 e. The average molecular weight is 392 g/mol. The number of nitrogens with one attached hydrogen (secondary N) is 2. The van der Waals surface area contributed by atoms with Gasteiger partial charge in [0.2, 0.25) is 11.8 Å². The Labute approximate surface area is 163 Å². The van der Waals surface area contributed by atoms with Crippen LogP contribution in [0.1, 0.15) is 38.2 Å². The molecule has 4 rings (SSSR count). The first-order chi connectivity index (χ1) is 13.4. The molecule has 0 aromatic heterocycles. The Hall–Kier alpha value is -2.06. The maximum absolute atomic E-state index is 14.0. The summed E-state index contributed by atoms with van der Waals surface area (Å²) >= 11 is 0. The minimum absolute atomic E-state index is 0.0230. The number of likely N-dealkylation sites (tertiary alicyclic amines) is 2. The summed E-state index contributed by atoms with van der Waals surface area (Å²) in [6.07, 6.45) is 2.87. The normalized spacial score (nSPS) is 30.5. The third kappa shape index (κ3) is 3.39. The van der Waals surface area contributed by atoms with Crippen molar-refractivity contribution in [2.45, 2.75) is 51.2 Å². The molecule has 8 heteroatoms. The van der Waals surface area contributed by atoms with Crippen LogP contribution in [0.25, 0.3) is 0 Å². The van der Waals surface area contributed by atoms with Crippen LogP contribution in [-0.2, 0) is 16.1 Å². The van der Waals surface area contributed by atoms with E-state index in [-0.39, 0.29) is 36.0 Å². The molecule has 0 saturated carbocycles. The van der Waals surface area contributed by atoms with E-state index in [1.807, 2.05) is 6.92 Å². The number of rotatable bonds is 3. The topological polar surface area (TPSA) is 64.7 Å². The number of hydrogen-bond donors (Lipinski definition) is 2. The van der Waals surface area contributed by atoms with Gasteiger partial charge in [-0.25, -0.2) is 14.2 Å². The van der Waals surface area contributed by atoms with Gasteiger partial charge in [-0.3, -0.25) is 15.0 Å². The van der Waals surface area contributed by atoms with Gasteiger partial charge in [-0.05, 0) is 38.7 Å². The van der Waals surface area contributed by atoms with Crippen molar-refractivity contribution in [2.75, 3.05) is 19.6 Å². The van der Waals surface area contributed by atoms with Crippen LogP contribution < -0.4 is 10.9 Å². The van der Waals surface area contributed by atoms with Gasteiger partial charge in [0.05, 0.1) is 5.41 Å². The number of carbonyl (C=O) groups is 2. The van der Waals surface area contributed by atoms with Crippen molar-refractivity contribution in [1.29, 1.82) is 0 Å². The van der Waals surface area contributed by atoms with Crippen LogP contribution in [0.3, 0.4) is 0 Å². The van der Waals surface area contributed by atoms with E-state index in [1.165, 1.54) is 12.1 Å². The number of amides is 2. The van der Waals surface area contributed by atoms with Crippen LogP contribution >= 0.6 is 0 Å². The molecule has 152 valence electrons. The predicted octanol–water partition coefficient (Wildman–Crippen LogP) is 1.56. The van der Waals surface area contributed by atoms with Crippen LogP contribution in [0.4, 0.5) is 8.78 Å². The molecule has 1 aromatic rings. The fourth-order valence-electron chi connectivity index (χ4n) is 4.72. The molecule has 3 unspecified atom stereocenters. The summed E-state index contributed by atoms with van der Waals surface area (Å²) in [7, 11) is 0. The van der Waals surface area contributed by atoms with Crippen molar-refractivity contribution < 1.29 is 18.4 Å². The second-order valence-corrected chi connectivity index (χ2v) is 8.31. The molecule has 2 amide bonds. The summed E-state index contributed by atoms with van der Waals surface area (Å²) in [5.74, 6) is -1.83. The highest BCUT2D eigenvalue weighted by atomic mass is 19.2. The number of benzene rings is 1.